The van der Waals surface area contributed by atoms with E-state index in [2.05, 4.69) is 15.4 Å². The molecule has 0 fully saturated rings. The number of nitrogens with zero attached hydrogens (tertiary/aromatic N) is 3. The lowest BCUT2D eigenvalue weighted by Crippen LogP contribution is -2.15. The molecule has 0 atom stereocenters. The van der Waals surface area contributed by atoms with Gasteiger partial charge in [0, 0.05) is 5.56 Å². The Morgan fingerprint density at radius 3 is 2.54 bits per heavy atom. The molecule has 3 aromatic rings. The van der Waals surface area contributed by atoms with Crippen LogP contribution in [0.2, 0.25) is 0 Å². The molecule has 2 aromatic carbocycles. The van der Waals surface area contributed by atoms with Crippen molar-refractivity contribution in [3.05, 3.63) is 71.6 Å². The molecule has 0 saturated heterocycles. The first kappa shape index (κ1) is 15.8. The second kappa shape index (κ2) is 6.57. The van der Waals surface area contributed by atoms with Crippen molar-refractivity contribution in [2.24, 2.45) is 0 Å². The fourth-order valence-corrected chi connectivity index (χ4v) is 2.35. The number of nitrogens with one attached hydrogen (secondary N) is 1. The Bertz CT molecular complexity index is 872. The Morgan fingerprint density at radius 1 is 1.12 bits per heavy atom. The van der Waals surface area contributed by atoms with Crippen molar-refractivity contribution >= 4 is 11.9 Å². The molecule has 0 aliphatic rings. The van der Waals surface area contributed by atoms with Gasteiger partial charge in [0.2, 0.25) is 5.95 Å². The van der Waals surface area contributed by atoms with E-state index in [1.54, 1.807) is 12.1 Å². The maximum absolute atomic E-state index is 13.8. The van der Waals surface area contributed by atoms with Crippen LogP contribution >= 0.6 is 0 Å². The quantitative estimate of drug-likeness (QED) is 0.799. The van der Waals surface area contributed by atoms with Crippen LogP contribution < -0.4 is 5.32 Å². The average Bonchev–Trinajstić information content (AvgIpc) is 3.02. The molecule has 1 aromatic heterocycles. The molecule has 0 saturated carbocycles. The Kier molecular flexibility index (Phi) is 4.33. The Hall–Kier alpha value is -3.09. The summed E-state index contributed by atoms with van der Waals surface area (Å²) in [7, 11) is 0. The van der Waals surface area contributed by atoms with E-state index in [-0.39, 0.29) is 17.5 Å². The first-order valence-corrected chi connectivity index (χ1v) is 7.35. The van der Waals surface area contributed by atoms with E-state index in [4.69, 9.17) is 0 Å². The molecular weight excluding hydrogens is 314 g/mol. The van der Waals surface area contributed by atoms with Gasteiger partial charge in [0.05, 0.1) is 0 Å². The highest BCUT2D eigenvalue weighted by molar-refractivity contribution is 6.04. The fraction of sp³-hybridized carbons (Fsp3) is 0.118. The van der Waals surface area contributed by atoms with Gasteiger partial charge in [-0.25, -0.2) is 13.5 Å². The summed E-state index contributed by atoms with van der Waals surface area (Å²) < 4.78 is 28.5. The van der Waals surface area contributed by atoms with E-state index in [9.17, 15) is 13.6 Å². The van der Waals surface area contributed by atoms with Crippen molar-refractivity contribution in [2.75, 3.05) is 5.32 Å². The molecule has 0 bridgehead atoms. The summed E-state index contributed by atoms with van der Waals surface area (Å²) in [4.78, 5) is 16.2. The van der Waals surface area contributed by atoms with E-state index in [0.29, 0.717) is 12.0 Å². The molecule has 1 N–H and O–H groups in total. The SMILES string of the molecule is CCc1ccccc1C(=O)Nc1ncn(-c2c(F)cccc2F)n1. The summed E-state index contributed by atoms with van der Waals surface area (Å²) >= 11 is 0. The minimum Gasteiger partial charge on any atom is -0.289 e. The number of hydrogen-bond acceptors (Lipinski definition) is 3. The van der Waals surface area contributed by atoms with Crippen molar-refractivity contribution in [3.8, 4) is 5.69 Å². The number of aromatic nitrogens is 3. The van der Waals surface area contributed by atoms with Crippen LogP contribution in [0.4, 0.5) is 14.7 Å². The fourth-order valence-electron chi connectivity index (χ4n) is 2.35. The van der Waals surface area contributed by atoms with Gasteiger partial charge in [0.25, 0.3) is 5.91 Å². The van der Waals surface area contributed by atoms with Crippen LogP contribution in [-0.2, 0) is 6.42 Å². The van der Waals surface area contributed by atoms with Gasteiger partial charge in [0.1, 0.15) is 12.0 Å². The lowest BCUT2D eigenvalue weighted by atomic mass is 10.1. The second-order valence-electron chi connectivity index (χ2n) is 5.05. The van der Waals surface area contributed by atoms with Crippen molar-refractivity contribution < 1.29 is 13.6 Å². The largest absolute Gasteiger partial charge is 0.289 e. The normalized spacial score (nSPS) is 10.6. The molecule has 5 nitrogen and oxygen atoms in total. The summed E-state index contributed by atoms with van der Waals surface area (Å²) in [6, 6.07) is 10.7. The lowest BCUT2D eigenvalue weighted by Gasteiger charge is -2.06. The van der Waals surface area contributed by atoms with E-state index in [0.717, 1.165) is 28.7 Å². The van der Waals surface area contributed by atoms with Crippen molar-refractivity contribution in [2.45, 2.75) is 13.3 Å². The third-order valence-electron chi connectivity index (χ3n) is 3.53. The number of carbonyl (C=O) groups is 1. The predicted octanol–water partition coefficient (Wildman–Crippen LogP) is 3.36. The zero-order valence-corrected chi connectivity index (χ0v) is 12.8. The van der Waals surface area contributed by atoms with Gasteiger partial charge in [-0.1, -0.05) is 31.2 Å². The summed E-state index contributed by atoms with van der Waals surface area (Å²) in [6.45, 7) is 1.94. The van der Waals surface area contributed by atoms with Gasteiger partial charge in [-0.15, -0.1) is 5.10 Å². The topological polar surface area (TPSA) is 59.8 Å². The lowest BCUT2D eigenvalue weighted by molar-refractivity contribution is 0.102. The monoisotopic (exact) mass is 328 g/mol. The highest BCUT2D eigenvalue weighted by atomic mass is 19.1. The molecule has 0 aliphatic carbocycles. The third-order valence-corrected chi connectivity index (χ3v) is 3.53. The maximum atomic E-state index is 13.8. The molecule has 0 aliphatic heterocycles. The number of hydrogen-bond donors (Lipinski definition) is 1. The molecule has 122 valence electrons. The highest BCUT2D eigenvalue weighted by Gasteiger charge is 2.15. The number of benzene rings is 2. The average molecular weight is 328 g/mol. The molecular formula is C17H14F2N4O. The molecule has 24 heavy (non-hydrogen) atoms. The molecule has 7 heteroatoms. The van der Waals surface area contributed by atoms with Gasteiger partial charge in [-0.2, -0.15) is 4.98 Å². The van der Waals surface area contributed by atoms with E-state index in [1.807, 2.05) is 19.1 Å². The van der Waals surface area contributed by atoms with Crippen LogP contribution in [0.15, 0.2) is 48.8 Å². The summed E-state index contributed by atoms with van der Waals surface area (Å²) in [6.07, 6.45) is 1.84. The summed E-state index contributed by atoms with van der Waals surface area (Å²) in [5, 5.41) is 6.45. The van der Waals surface area contributed by atoms with Crippen LogP contribution in [0, 0.1) is 11.6 Å². The number of para-hydroxylation sites is 1. The molecule has 0 unspecified atom stereocenters. The highest BCUT2D eigenvalue weighted by Crippen LogP contribution is 2.17. The number of carbonyl (C=O) groups excluding carboxylic acids is 1. The Morgan fingerprint density at radius 2 is 1.83 bits per heavy atom. The minimum absolute atomic E-state index is 0.0337. The van der Waals surface area contributed by atoms with E-state index >= 15 is 0 Å². The first-order valence-electron chi connectivity index (χ1n) is 7.35. The van der Waals surface area contributed by atoms with Gasteiger partial charge < -0.3 is 0 Å². The van der Waals surface area contributed by atoms with Gasteiger partial charge in [-0.3, -0.25) is 10.1 Å². The van der Waals surface area contributed by atoms with Crippen molar-refractivity contribution in [1.82, 2.24) is 14.8 Å². The minimum atomic E-state index is -0.769. The van der Waals surface area contributed by atoms with Gasteiger partial charge in [0.15, 0.2) is 11.6 Å². The molecule has 1 heterocycles. The number of anilines is 1. The summed E-state index contributed by atoms with van der Waals surface area (Å²) in [5.41, 5.74) is 1.04. The van der Waals surface area contributed by atoms with Crippen LogP contribution in [0.1, 0.15) is 22.8 Å². The molecule has 3 rings (SSSR count). The smallest absolute Gasteiger partial charge is 0.258 e. The molecule has 0 spiro atoms. The van der Waals surface area contributed by atoms with Crippen molar-refractivity contribution in [1.29, 1.82) is 0 Å². The second-order valence-corrected chi connectivity index (χ2v) is 5.05. The summed E-state index contributed by atoms with van der Waals surface area (Å²) in [5.74, 6) is -1.95. The zero-order chi connectivity index (χ0) is 17.1. The number of aryl methyl sites for hydroxylation is 1. The number of halogens is 2. The van der Waals surface area contributed by atoms with Crippen molar-refractivity contribution in [3.63, 3.8) is 0 Å². The van der Waals surface area contributed by atoms with Crippen LogP contribution in [-0.4, -0.2) is 20.7 Å². The molecule has 1 amide bonds. The van der Waals surface area contributed by atoms with E-state index < -0.39 is 11.6 Å². The number of amides is 1. The molecule has 0 radical (unpaired) electrons. The zero-order valence-electron chi connectivity index (χ0n) is 12.8. The third kappa shape index (κ3) is 3.01. The maximum Gasteiger partial charge on any atom is 0.258 e. The first-order chi connectivity index (χ1) is 11.6. The standard InChI is InChI=1S/C17H14F2N4O/c1-2-11-6-3-4-7-12(11)16(24)21-17-20-10-23(22-17)15-13(18)8-5-9-14(15)19/h3-10H,2H2,1H3,(H,21,22,24). The van der Waals surface area contributed by atoms with E-state index in [1.165, 1.54) is 6.07 Å². The predicted molar refractivity (Wildman–Crippen MR) is 85.0 cm³/mol. The van der Waals surface area contributed by atoms with Crippen LogP contribution in [0.5, 0.6) is 0 Å². The van der Waals surface area contributed by atoms with Crippen LogP contribution in [0.25, 0.3) is 5.69 Å². The Labute approximate surface area is 137 Å². The number of rotatable bonds is 4. The van der Waals surface area contributed by atoms with Gasteiger partial charge >= 0.3 is 0 Å². The van der Waals surface area contributed by atoms with Gasteiger partial charge in [-0.05, 0) is 30.2 Å². The van der Waals surface area contributed by atoms with Crippen LogP contribution in [0.3, 0.4) is 0 Å². The Balaban J connectivity index is 1.85.